The molecule has 0 saturated heterocycles. The molecule has 3 N–H and O–H groups in total. The number of carbonyl (C=O) groups excluding carboxylic acids is 1. The van der Waals surface area contributed by atoms with Gasteiger partial charge in [0.2, 0.25) is 0 Å². The van der Waals surface area contributed by atoms with Crippen molar-refractivity contribution in [2.75, 3.05) is 26.7 Å². The van der Waals surface area contributed by atoms with Crippen molar-refractivity contribution in [3.05, 3.63) is 51.4 Å². The Bertz CT molecular complexity index is 673. The number of aliphatic imine (C=N–C) groups is 1. The number of carbonyl (C=O) groups is 1. The van der Waals surface area contributed by atoms with E-state index < -0.39 is 0 Å². The van der Waals surface area contributed by atoms with E-state index in [0.717, 1.165) is 42.3 Å². The number of hydrogen-bond donors (Lipinski definition) is 3. The van der Waals surface area contributed by atoms with Crippen molar-refractivity contribution in [3.8, 4) is 0 Å². The molecule has 0 aliphatic rings. The Morgan fingerprint density at radius 1 is 1.20 bits per heavy atom. The van der Waals surface area contributed by atoms with Gasteiger partial charge in [0.1, 0.15) is 5.15 Å². The molecule has 0 unspecified atom stereocenters. The lowest BCUT2D eigenvalue weighted by Crippen LogP contribution is -2.39. The van der Waals surface area contributed by atoms with Crippen LogP contribution in [-0.2, 0) is 6.42 Å². The summed E-state index contributed by atoms with van der Waals surface area (Å²) in [4.78, 5) is 20.8. The molecule has 2 aromatic rings. The number of pyridine rings is 1. The summed E-state index contributed by atoms with van der Waals surface area (Å²) in [6.45, 7) is 2.10. The number of thiophene rings is 1. The van der Waals surface area contributed by atoms with Gasteiger partial charge in [-0.1, -0.05) is 23.7 Å². The van der Waals surface area contributed by atoms with Crippen molar-refractivity contribution >= 4 is 34.8 Å². The van der Waals surface area contributed by atoms with Crippen LogP contribution in [0.2, 0.25) is 5.15 Å². The molecule has 0 bridgehead atoms. The average molecular weight is 380 g/mol. The smallest absolute Gasteiger partial charge is 0.261 e. The van der Waals surface area contributed by atoms with E-state index in [0.29, 0.717) is 11.7 Å². The maximum absolute atomic E-state index is 11.8. The Morgan fingerprint density at radius 3 is 2.68 bits per heavy atom. The van der Waals surface area contributed by atoms with Crippen molar-refractivity contribution < 1.29 is 4.79 Å². The molecule has 0 spiro atoms. The van der Waals surface area contributed by atoms with E-state index in [4.69, 9.17) is 11.6 Å². The fourth-order valence-corrected chi connectivity index (χ4v) is 2.84. The first-order valence-electron chi connectivity index (χ1n) is 8.05. The van der Waals surface area contributed by atoms with Crippen LogP contribution in [0.25, 0.3) is 0 Å². The standard InChI is InChI=1S/C17H22ClN5OS/c1-19-17(22-10-7-13-5-6-15(18)23-12-13)21-9-3-8-20-16(24)14-4-2-11-25-14/h2,4-6,11-12H,3,7-10H2,1H3,(H,20,24)(H2,19,21,22). The lowest BCUT2D eigenvalue weighted by Gasteiger charge is -2.12. The molecular weight excluding hydrogens is 358 g/mol. The summed E-state index contributed by atoms with van der Waals surface area (Å²) < 4.78 is 0. The van der Waals surface area contributed by atoms with Crippen LogP contribution in [0.4, 0.5) is 0 Å². The molecule has 134 valence electrons. The van der Waals surface area contributed by atoms with Crippen molar-refractivity contribution in [2.24, 2.45) is 4.99 Å². The first kappa shape index (κ1) is 19.2. The molecule has 0 aliphatic carbocycles. The highest BCUT2D eigenvalue weighted by Crippen LogP contribution is 2.07. The molecular formula is C17H22ClN5OS. The largest absolute Gasteiger partial charge is 0.356 e. The van der Waals surface area contributed by atoms with Gasteiger partial charge in [0.15, 0.2) is 5.96 Å². The predicted molar refractivity (Wildman–Crippen MR) is 104 cm³/mol. The zero-order valence-corrected chi connectivity index (χ0v) is 15.7. The summed E-state index contributed by atoms with van der Waals surface area (Å²) in [5.74, 6) is 0.723. The third-order valence-corrected chi connectivity index (χ3v) is 4.49. The van der Waals surface area contributed by atoms with E-state index in [1.165, 1.54) is 11.3 Å². The monoisotopic (exact) mass is 379 g/mol. The Labute approximate surface area is 156 Å². The van der Waals surface area contributed by atoms with Gasteiger partial charge in [0.05, 0.1) is 4.88 Å². The minimum Gasteiger partial charge on any atom is -0.356 e. The third kappa shape index (κ3) is 7.11. The third-order valence-electron chi connectivity index (χ3n) is 3.39. The van der Waals surface area contributed by atoms with Gasteiger partial charge in [-0.15, -0.1) is 11.3 Å². The Morgan fingerprint density at radius 2 is 2.00 bits per heavy atom. The van der Waals surface area contributed by atoms with Crippen LogP contribution in [0.15, 0.2) is 40.8 Å². The quantitative estimate of drug-likeness (QED) is 0.285. The highest BCUT2D eigenvalue weighted by atomic mass is 35.5. The fraction of sp³-hybridized carbons (Fsp3) is 0.353. The number of amides is 1. The maximum Gasteiger partial charge on any atom is 0.261 e. The molecule has 2 aromatic heterocycles. The molecule has 0 radical (unpaired) electrons. The summed E-state index contributed by atoms with van der Waals surface area (Å²) in [6, 6.07) is 7.44. The van der Waals surface area contributed by atoms with Crippen LogP contribution < -0.4 is 16.0 Å². The van der Waals surface area contributed by atoms with Gasteiger partial charge in [-0.3, -0.25) is 9.79 Å². The lowest BCUT2D eigenvalue weighted by molar-refractivity contribution is 0.0957. The maximum atomic E-state index is 11.8. The molecule has 0 saturated carbocycles. The molecule has 2 rings (SSSR count). The summed E-state index contributed by atoms with van der Waals surface area (Å²) in [5.41, 5.74) is 1.11. The van der Waals surface area contributed by atoms with Gasteiger partial charge in [-0.25, -0.2) is 4.98 Å². The SMILES string of the molecule is CN=C(NCCCNC(=O)c1cccs1)NCCc1ccc(Cl)nc1. The molecule has 2 heterocycles. The second-order valence-electron chi connectivity index (χ2n) is 5.25. The van der Waals surface area contributed by atoms with Crippen molar-refractivity contribution in [3.63, 3.8) is 0 Å². The van der Waals surface area contributed by atoms with E-state index in [2.05, 4.69) is 25.9 Å². The van der Waals surface area contributed by atoms with Crippen LogP contribution in [0.3, 0.4) is 0 Å². The predicted octanol–water partition coefficient (Wildman–Crippen LogP) is 2.32. The van der Waals surface area contributed by atoms with Crippen LogP contribution >= 0.6 is 22.9 Å². The number of rotatable bonds is 8. The van der Waals surface area contributed by atoms with Gasteiger partial charge in [-0.05, 0) is 35.9 Å². The summed E-state index contributed by atoms with van der Waals surface area (Å²) in [7, 11) is 1.73. The van der Waals surface area contributed by atoms with Gasteiger partial charge in [-0.2, -0.15) is 0 Å². The molecule has 0 fully saturated rings. The van der Waals surface area contributed by atoms with Gasteiger partial charge >= 0.3 is 0 Å². The van der Waals surface area contributed by atoms with Crippen LogP contribution in [0, 0.1) is 0 Å². The number of guanidine groups is 1. The van der Waals surface area contributed by atoms with E-state index >= 15 is 0 Å². The minimum absolute atomic E-state index is 0.0194. The first-order chi connectivity index (χ1) is 12.2. The molecule has 0 atom stereocenters. The van der Waals surface area contributed by atoms with E-state index in [-0.39, 0.29) is 5.91 Å². The molecule has 25 heavy (non-hydrogen) atoms. The van der Waals surface area contributed by atoms with Crippen LogP contribution in [0.5, 0.6) is 0 Å². The van der Waals surface area contributed by atoms with Crippen LogP contribution in [0.1, 0.15) is 21.7 Å². The zero-order valence-electron chi connectivity index (χ0n) is 14.1. The number of nitrogens with zero attached hydrogens (tertiary/aromatic N) is 2. The Hall–Kier alpha value is -2.12. The zero-order chi connectivity index (χ0) is 17.9. The van der Waals surface area contributed by atoms with Gasteiger partial charge < -0.3 is 16.0 Å². The second-order valence-corrected chi connectivity index (χ2v) is 6.59. The summed E-state index contributed by atoms with van der Waals surface area (Å²) >= 11 is 7.21. The highest BCUT2D eigenvalue weighted by Gasteiger charge is 2.04. The fourth-order valence-electron chi connectivity index (χ4n) is 2.09. The minimum atomic E-state index is -0.0194. The molecule has 0 aliphatic heterocycles. The summed E-state index contributed by atoms with van der Waals surface area (Å²) in [5, 5.41) is 11.8. The van der Waals surface area contributed by atoms with E-state index in [1.807, 2.05) is 23.6 Å². The van der Waals surface area contributed by atoms with Crippen molar-refractivity contribution in [2.45, 2.75) is 12.8 Å². The van der Waals surface area contributed by atoms with Crippen molar-refractivity contribution in [1.29, 1.82) is 0 Å². The van der Waals surface area contributed by atoms with E-state index in [9.17, 15) is 4.79 Å². The lowest BCUT2D eigenvalue weighted by atomic mass is 10.2. The first-order valence-corrected chi connectivity index (χ1v) is 9.31. The highest BCUT2D eigenvalue weighted by molar-refractivity contribution is 7.12. The topological polar surface area (TPSA) is 78.4 Å². The number of hydrogen-bond acceptors (Lipinski definition) is 4. The van der Waals surface area contributed by atoms with Crippen LogP contribution in [-0.4, -0.2) is 43.5 Å². The molecule has 6 nitrogen and oxygen atoms in total. The molecule has 8 heteroatoms. The number of nitrogens with one attached hydrogen (secondary N) is 3. The van der Waals surface area contributed by atoms with E-state index in [1.54, 1.807) is 19.3 Å². The van der Waals surface area contributed by atoms with Gasteiger partial charge in [0.25, 0.3) is 5.91 Å². The van der Waals surface area contributed by atoms with Gasteiger partial charge in [0, 0.05) is 32.9 Å². The number of aromatic nitrogens is 1. The Kier molecular flexibility index (Phi) is 8.21. The average Bonchev–Trinajstić information content (AvgIpc) is 3.16. The number of halogens is 1. The second kappa shape index (κ2) is 10.7. The summed E-state index contributed by atoms with van der Waals surface area (Å²) in [6.07, 6.45) is 3.43. The van der Waals surface area contributed by atoms with Crippen molar-refractivity contribution in [1.82, 2.24) is 20.9 Å². The molecule has 0 aromatic carbocycles. The normalized spacial score (nSPS) is 11.2. The Balaban J connectivity index is 1.57. The molecule has 1 amide bonds.